The molecule has 39 heavy (non-hydrogen) atoms. The number of fused-ring (bicyclic) bond motifs is 1. The Bertz CT molecular complexity index is 1310. The topological polar surface area (TPSA) is 84.8 Å². The van der Waals surface area contributed by atoms with Crippen molar-refractivity contribution in [3.63, 3.8) is 0 Å². The third-order valence-corrected chi connectivity index (χ3v) is 7.83. The molecule has 0 aromatic heterocycles. The van der Waals surface area contributed by atoms with E-state index in [1.165, 1.54) is 0 Å². The van der Waals surface area contributed by atoms with E-state index in [1.807, 2.05) is 49.4 Å². The molecule has 5 rings (SSSR count). The largest absolute Gasteiger partial charge is 0.493 e. The van der Waals surface area contributed by atoms with Crippen LogP contribution in [-0.4, -0.2) is 39.3 Å². The Hall–Kier alpha value is -3.62. The maximum absolute atomic E-state index is 10.9. The van der Waals surface area contributed by atoms with Gasteiger partial charge in [-0.25, -0.2) is 0 Å². The minimum Gasteiger partial charge on any atom is -0.493 e. The molecule has 3 aromatic carbocycles. The second kappa shape index (κ2) is 11.2. The van der Waals surface area contributed by atoms with Crippen molar-refractivity contribution >= 4 is 0 Å². The van der Waals surface area contributed by atoms with Crippen LogP contribution in [0.5, 0.6) is 34.5 Å². The third-order valence-electron chi connectivity index (χ3n) is 7.83. The monoisotopic (exact) mass is 536 g/mol. The molecule has 8 heteroatoms. The SMILES string of the molecule is COc1ccc([C@@H]2O[C@H](c3ccc(O[C@H](C)[C@H](O)c4ccc5c(c4)OCO5)c(OC)c3)[C@H](C)[C@@H]2C)cc1OC. The lowest BCUT2D eigenvalue weighted by Crippen LogP contribution is -2.22. The van der Waals surface area contributed by atoms with Crippen LogP contribution in [0.2, 0.25) is 0 Å². The summed E-state index contributed by atoms with van der Waals surface area (Å²) in [4.78, 5) is 0. The normalized spacial score (nSPS) is 23.3. The summed E-state index contributed by atoms with van der Waals surface area (Å²) in [6.45, 7) is 6.42. The Labute approximate surface area is 229 Å². The zero-order valence-corrected chi connectivity index (χ0v) is 23.2. The Balaban J connectivity index is 1.32. The molecule has 0 amide bonds. The summed E-state index contributed by atoms with van der Waals surface area (Å²) >= 11 is 0. The lowest BCUT2D eigenvalue weighted by Gasteiger charge is -2.23. The summed E-state index contributed by atoms with van der Waals surface area (Å²) in [7, 11) is 4.87. The molecule has 6 atom stereocenters. The van der Waals surface area contributed by atoms with E-state index >= 15 is 0 Å². The van der Waals surface area contributed by atoms with Crippen molar-refractivity contribution in [3.8, 4) is 34.5 Å². The summed E-state index contributed by atoms with van der Waals surface area (Å²) in [6.07, 6.45) is -1.63. The Morgan fingerprint density at radius 1 is 0.718 bits per heavy atom. The highest BCUT2D eigenvalue weighted by molar-refractivity contribution is 5.47. The van der Waals surface area contributed by atoms with Crippen LogP contribution in [0, 0.1) is 11.8 Å². The molecular weight excluding hydrogens is 500 g/mol. The molecular formula is C31H36O8. The number of aliphatic hydroxyl groups is 1. The van der Waals surface area contributed by atoms with Gasteiger partial charge in [-0.3, -0.25) is 0 Å². The number of hydrogen-bond acceptors (Lipinski definition) is 8. The average Bonchev–Trinajstić information content (AvgIpc) is 3.56. The van der Waals surface area contributed by atoms with Gasteiger partial charge >= 0.3 is 0 Å². The molecule has 1 saturated heterocycles. The maximum Gasteiger partial charge on any atom is 0.231 e. The van der Waals surface area contributed by atoms with Crippen molar-refractivity contribution in [2.24, 2.45) is 11.8 Å². The molecule has 0 saturated carbocycles. The third kappa shape index (κ3) is 5.18. The van der Waals surface area contributed by atoms with Crippen LogP contribution in [0.3, 0.4) is 0 Å². The smallest absolute Gasteiger partial charge is 0.231 e. The summed E-state index contributed by atoms with van der Waals surface area (Å²) in [5.74, 6) is 4.31. The fourth-order valence-corrected chi connectivity index (χ4v) is 5.34. The van der Waals surface area contributed by atoms with Crippen molar-refractivity contribution in [1.29, 1.82) is 0 Å². The lowest BCUT2D eigenvalue weighted by atomic mass is 9.85. The molecule has 1 N–H and O–H groups in total. The van der Waals surface area contributed by atoms with E-state index in [1.54, 1.807) is 33.5 Å². The van der Waals surface area contributed by atoms with Crippen molar-refractivity contribution in [1.82, 2.24) is 0 Å². The van der Waals surface area contributed by atoms with Crippen LogP contribution in [0.15, 0.2) is 54.6 Å². The fraction of sp³-hybridized carbons (Fsp3) is 0.419. The highest BCUT2D eigenvalue weighted by Crippen LogP contribution is 2.51. The second-order valence-electron chi connectivity index (χ2n) is 10.1. The van der Waals surface area contributed by atoms with E-state index in [0.717, 1.165) is 11.1 Å². The van der Waals surface area contributed by atoms with E-state index in [-0.39, 0.29) is 30.8 Å². The number of methoxy groups -OCH3 is 3. The first-order valence-corrected chi connectivity index (χ1v) is 13.1. The summed E-state index contributed by atoms with van der Waals surface area (Å²) in [6, 6.07) is 17.2. The van der Waals surface area contributed by atoms with E-state index in [4.69, 9.17) is 33.2 Å². The van der Waals surface area contributed by atoms with Crippen LogP contribution >= 0.6 is 0 Å². The Morgan fingerprint density at radius 2 is 1.28 bits per heavy atom. The van der Waals surface area contributed by atoms with E-state index in [0.29, 0.717) is 40.1 Å². The molecule has 0 radical (unpaired) electrons. The van der Waals surface area contributed by atoms with Gasteiger partial charge in [-0.1, -0.05) is 32.0 Å². The Morgan fingerprint density at radius 3 is 1.90 bits per heavy atom. The standard InChI is InChI=1S/C31H36O8/c1-17-18(2)31(39-30(17)21-8-10-23(33-4)26(14-21)34-5)22-9-12-25(27(15-22)35-6)38-19(3)29(32)20-7-11-24-28(13-20)37-16-36-24/h7-15,17-19,29-32H,16H2,1-6H3/t17-,18+,19+,29-,30+,31-/m0/s1. The fourth-order valence-electron chi connectivity index (χ4n) is 5.34. The number of hydrogen-bond donors (Lipinski definition) is 1. The minimum atomic E-state index is -0.870. The molecule has 2 heterocycles. The molecule has 3 aromatic rings. The van der Waals surface area contributed by atoms with Crippen molar-refractivity contribution in [2.75, 3.05) is 28.1 Å². The van der Waals surface area contributed by atoms with Gasteiger partial charge in [0.05, 0.1) is 33.5 Å². The number of rotatable bonds is 9. The van der Waals surface area contributed by atoms with Crippen LogP contribution in [0.1, 0.15) is 55.8 Å². The van der Waals surface area contributed by atoms with E-state index < -0.39 is 12.2 Å². The number of benzene rings is 3. The predicted octanol–water partition coefficient (Wildman–Crippen LogP) is 6.03. The zero-order valence-electron chi connectivity index (χ0n) is 23.2. The number of ether oxygens (including phenoxy) is 7. The van der Waals surface area contributed by atoms with Gasteiger partial charge in [-0.15, -0.1) is 0 Å². The molecule has 0 spiro atoms. The van der Waals surface area contributed by atoms with Crippen LogP contribution in [0.4, 0.5) is 0 Å². The number of aliphatic hydroxyl groups excluding tert-OH is 1. The van der Waals surface area contributed by atoms with Gasteiger partial charge in [0, 0.05) is 0 Å². The highest BCUT2D eigenvalue weighted by atomic mass is 16.7. The van der Waals surface area contributed by atoms with E-state index in [9.17, 15) is 5.11 Å². The van der Waals surface area contributed by atoms with Crippen LogP contribution in [0.25, 0.3) is 0 Å². The predicted molar refractivity (Wildman–Crippen MR) is 145 cm³/mol. The van der Waals surface area contributed by atoms with Gasteiger partial charge in [0.1, 0.15) is 12.2 Å². The van der Waals surface area contributed by atoms with Crippen molar-refractivity contribution in [2.45, 2.75) is 45.2 Å². The van der Waals surface area contributed by atoms with Gasteiger partial charge in [0.15, 0.2) is 34.5 Å². The molecule has 0 bridgehead atoms. The van der Waals surface area contributed by atoms with Gasteiger partial charge in [0.25, 0.3) is 0 Å². The maximum atomic E-state index is 10.9. The highest BCUT2D eigenvalue weighted by Gasteiger charge is 2.41. The molecule has 0 aliphatic carbocycles. The lowest BCUT2D eigenvalue weighted by molar-refractivity contribution is 0.0284. The second-order valence-corrected chi connectivity index (χ2v) is 10.1. The molecule has 2 aliphatic rings. The summed E-state index contributed by atoms with van der Waals surface area (Å²) < 4.78 is 40.2. The summed E-state index contributed by atoms with van der Waals surface area (Å²) in [5.41, 5.74) is 2.74. The van der Waals surface area contributed by atoms with Crippen molar-refractivity contribution in [3.05, 3.63) is 71.3 Å². The Kier molecular flexibility index (Phi) is 7.77. The van der Waals surface area contributed by atoms with Crippen LogP contribution < -0.4 is 28.4 Å². The van der Waals surface area contributed by atoms with E-state index in [2.05, 4.69) is 13.8 Å². The molecule has 0 unspecified atom stereocenters. The first-order chi connectivity index (χ1) is 18.8. The van der Waals surface area contributed by atoms with Gasteiger partial charge in [-0.05, 0) is 71.8 Å². The van der Waals surface area contributed by atoms with Gasteiger partial charge < -0.3 is 38.3 Å². The average molecular weight is 537 g/mol. The minimum absolute atomic E-state index is 0.0939. The molecule has 1 fully saturated rings. The van der Waals surface area contributed by atoms with Crippen LogP contribution in [-0.2, 0) is 4.74 Å². The molecule has 8 nitrogen and oxygen atoms in total. The van der Waals surface area contributed by atoms with Gasteiger partial charge in [0.2, 0.25) is 6.79 Å². The first kappa shape index (κ1) is 27.0. The molecule has 2 aliphatic heterocycles. The zero-order chi connectivity index (χ0) is 27.7. The summed E-state index contributed by atoms with van der Waals surface area (Å²) in [5, 5.41) is 10.9. The van der Waals surface area contributed by atoms with Gasteiger partial charge in [-0.2, -0.15) is 0 Å². The van der Waals surface area contributed by atoms with Crippen molar-refractivity contribution < 1.29 is 38.3 Å². The first-order valence-electron chi connectivity index (χ1n) is 13.1. The quantitative estimate of drug-likeness (QED) is 0.355. The molecule has 208 valence electrons.